The van der Waals surface area contributed by atoms with Crippen LogP contribution in [0.2, 0.25) is 0 Å². The van der Waals surface area contributed by atoms with E-state index in [9.17, 15) is 4.39 Å². The van der Waals surface area contributed by atoms with E-state index in [4.69, 9.17) is 4.42 Å². The lowest BCUT2D eigenvalue weighted by Crippen LogP contribution is -2.22. The van der Waals surface area contributed by atoms with Crippen molar-refractivity contribution in [2.45, 2.75) is 33.2 Å². The minimum absolute atomic E-state index is 0.180. The van der Waals surface area contributed by atoms with Crippen LogP contribution in [0.3, 0.4) is 0 Å². The zero-order chi connectivity index (χ0) is 13.8. The standard InChI is InChI=1S/C16H20FNO/c1-4-18-16(14-8-12(3)19-10-14)9-13-5-6-15(17)7-11(13)2/h5-8,10,16,18H,4,9H2,1-3H3. The molecular formula is C16H20FNO. The molecule has 0 aliphatic carbocycles. The molecule has 102 valence electrons. The third-order valence-corrected chi connectivity index (χ3v) is 3.33. The van der Waals surface area contributed by atoms with E-state index >= 15 is 0 Å². The SMILES string of the molecule is CCNC(Cc1ccc(F)cc1C)c1coc(C)c1. The Balaban J connectivity index is 2.21. The van der Waals surface area contributed by atoms with E-state index in [-0.39, 0.29) is 11.9 Å². The quantitative estimate of drug-likeness (QED) is 0.882. The minimum Gasteiger partial charge on any atom is -0.469 e. The van der Waals surface area contributed by atoms with Gasteiger partial charge in [-0.25, -0.2) is 4.39 Å². The molecule has 1 aromatic carbocycles. The van der Waals surface area contributed by atoms with Crippen molar-refractivity contribution in [3.05, 3.63) is 58.8 Å². The van der Waals surface area contributed by atoms with Crippen LogP contribution in [0, 0.1) is 19.7 Å². The Morgan fingerprint density at radius 3 is 2.63 bits per heavy atom. The monoisotopic (exact) mass is 261 g/mol. The number of aryl methyl sites for hydroxylation is 2. The van der Waals surface area contributed by atoms with Gasteiger partial charge in [-0.1, -0.05) is 13.0 Å². The Morgan fingerprint density at radius 2 is 2.05 bits per heavy atom. The van der Waals surface area contributed by atoms with Crippen molar-refractivity contribution in [2.24, 2.45) is 0 Å². The minimum atomic E-state index is -0.180. The van der Waals surface area contributed by atoms with Crippen molar-refractivity contribution in [2.75, 3.05) is 6.54 Å². The lowest BCUT2D eigenvalue weighted by Gasteiger charge is -2.17. The highest BCUT2D eigenvalue weighted by molar-refractivity contribution is 5.29. The van der Waals surface area contributed by atoms with E-state index in [2.05, 4.69) is 12.2 Å². The van der Waals surface area contributed by atoms with E-state index in [0.29, 0.717) is 0 Å². The van der Waals surface area contributed by atoms with Crippen molar-refractivity contribution >= 4 is 0 Å². The molecule has 0 bridgehead atoms. The zero-order valence-electron chi connectivity index (χ0n) is 11.7. The van der Waals surface area contributed by atoms with Gasteiger partial charge in [-0.05, 0) is 56.1 Å². The van der Waals surface area contributed by atoms with E-state index < -0.39 is 0 Å². The predicted octanol–water partition coefficient (Wildman–Crippen LogP) is 3.93. The van der Waals surface area contributed by atoms with Crippen LogP contribution >= 0.6 is 0 Å². The zero-order valence-corrected chi connectivity index (χ0v) is 11.7. The number of hydrogen-bond donors (Lipinski definition) is 1. The molecule has 0 saturated carbocycles. The number of nitrogens with one attached hydrogen (secondary N) is 1. The van der Waals surface area contributed by atoms with E-state index in [1.54, 1.807) is 12.3 Å². The fourth-order valence-corrected chi connectivity index (χ4v) is 2.31. The average Bonchev–Trinajstić information content (AvgIpc) is 2.78. The molecule has 0 spiro atoms. The molecule has 0 radical (unpaired) electrons. The number of hydrogen-bond acceptors (Lipinski definition) is 2. The maximum atomic E-state index is 13.1. The van der Waals surface area contributed by atoms with Crippen LogP contribution in [0.1, 0.15) is 35.4 Å². The molecule has 19 heavy (non-hydrogen) atoms. The highest BCUT2D eigenvalue weighted by Crippen LogP contribution is 2.22. The number of halogens is 1. The van der Waals surface area contributed by atoms with Crippen LogP contribution in [0.25, 0.3) is 0 Å². The van der Waals surface area contributed by atoms with Gasteiger partial charge >= 0.3 is 0 Å². The second-order valence-electron chi connectivity index (χ2n) is 4.88. The first kappa shape index (κ1) is 13.8. The van der Waals surface area contributed by atoms with Crippen LogP contribution in [-0.2, 0) is 6.42 Å². The van der Waals surface area contributed by atoms with Crippen LogP contribution in [0.4, 0.5) is 4.39 Å². The Bertz CT molecular complexity index is 547. The molecule has 0 fully saturated rings. The molecule has 2 rings (SSSR count). The highest BCUT2D eigenvalue weighted by Gasteiger charge is 2.14. The van der Waals surface area contributed by atoms with E-state index in [1.807, 2.05) is 26.0 Å². The third kappa shape index (κ3) is 3.44. The van der Waals surface area contributed by atoms with Gasteiger partial charge in [-0.15, -0.1) is 0 Å². The Kier molecular flexibility index (Phi) is 4.38. The van der Waals surface area contributed by atoms with Crippen LogP contribution < -0.4 is 5.32 Å². The van der Waals surface area contributed by atoms with Gasteiger partial charge in [0.25, 0.3) is 0 Å². The topological polar surface area (TPSA) is 25.2 Å². The summed E-state index contributed by atoms with van der Waals surface area (Å²) in [6, 6.07) is 7.21. The third-order valence-electron chi connectivity index (χ3n) is 3.33. The van der Waals surface area contributed by atoms with Gasteiger partial charge in [0.1, 0.15) is 11.6 Å². The molecule has 1 N–H and O–H groups in total. The maximum Gasteiger partial charge on any atom is 0.123 e. The van der Waals surface area contributed by atoms with Crippen molar-refractivity contribution < 1.29 is 8.81 Å². The van der Waals surface area contributed by atoms with Crippen LogP contribution in [0.5, 0.6) is 0 Å². The number of benzene rings is 1. The maximum absolute atomic E-state index is 13.1. The van der Waals surface area contributed by atoms with Gasteiger partial charge < -0.3 is 9.73 Å². The molecule has 1 unspecified atom stereocenters. The largest absolute Gasteiger partial charge is 0.469 e. The number of likely N-dealkylation sites (N-methyl/N-ethyl adjacent to an activating group) is 1. The molecule has 0 aliphatic heterocycles. The summed E-state index contributed by atoms with van der Waals surface area (Å²) in [6.07, 6.45) is 2.63. The molecule has 3 heteroatoms. The average molecular weight is 261 g/mol. The van der Waals surface area contributed by atoms with Crippen molar-refractivity contribution in [3.8, 4) is 0 Å². The summed E-state index contributed by atoms with van der Waals surface area (Å²) in [4.78, 5) is 0. The van der Waals surface area contributed by atoms with Crippen molar-refractivity contribution in [1.82, 2.24) is 5.32 Å². The van der Waals surface area contributed by atoms with E-state index in [0.717, 1.165) is 35.4 Å². The van der Waals surface area contributed by atoms with Gasteiger partial charge in [-0.3, -0.25) is 0 Å². The molecule has 1 heterocycles. The molecule has 0 saturated heterocycles. The molecule has 0 aliphatic rings. The molecular weight excluding hydrogens is 241 g/mol. The smallest absolute Gasteiger partial charge is 0.123 e. The Labute approximate surface area is 113 Å². The van der Waals surface area contributed by atoms with Crippen LogP contribution in [-0.4, -0.2) is 6.54 Å². The molecule has 1 aromatic heterocycles. The summed E-state index contributed by atoms with van der Waals surface area (Å²) < 4.78 is 18.5. The summed E-state index contributed by atoms with van der Waals surface area (Å²) in [5.74, 6) is 0.731. The second kappa shape index (κ2) is 6.02. The first-order valence-corrected chi connectivity index (χ1v) is 6.63. The second-order valence-corrected chi connectivity index (χ2v) is 4.88. The summed E-state index contributed by atoms with van der Waals surface area (Å²) in [5, 5.41) is 3.45. The number of rotatable bonds is 5. The van der Waals surface area contributed by atoms with Gasteiger partial charge in [0.15, 0.2) is 0 Å². The fourth-order valence-electron chi connectivity index (χ4n) is 2.31. The van der Waals surface area contributed by atoms with Crippen LogP contribution in [0.15, 0.2) is 34.9 Å². The predicted molar refractivity (Wildman–Crippen MR) is 74.7 cm³/mol. The number of furan rings is 1. The lowest BCUT2D eigenvalue weighted by atomic mass is 9.97. The fraction of sp³-hybridized carbons (Fsp3) is 0.375. The van der Waals surface area contributed by atoms with Gasteiger partial charge in [-0.2, -0.15) is 0 Å². The molecule has 0 amide bonds. The van der Waals surface area contributed by atoms with Gasteiger partial charge in [0.05, 0.1) is 6.26 Å². The summed E-state index contributed by atoms with van der Waals surface area (Å²) in [5.41, 5.74) is 3.29. The lowest BCUT2D eigenvalue weighted by molar-refractivity contribution is 0.510. The summed E-state index contributed by atoms with van der Waals surface area (Å²) in [6.45, 7) is 6.85. The molecule has 1 atom stereocenters. The Morgan fingerprint density at radius 1 is 1.26 bits per heavy atom. The van der Waals surface area contributed by atoms with Gasteiger partial charge in [0, 0.05) is 11.6 Å². The summed E-state index contributed by atoms with van der Waals surface area (Å²) >= 11 is 0. The van der Waals surface area contributed by atoms with E-state index in [1.165, 1.54) is 6.07 Å². The van der Waals surface area contributed by atoms with Crippen molar-refractivity contribution in [1.29, 1.82) is 0 Å². The highest BCUT2D eigenvalue weighted by atomic mass is 19.1. The van der Waals surface area contributed by atoms with Gasteiger partial charge in [0.2, 0.25) is 0 Å². The first-order valence-electron chi connectivity index (χ1n) is 6.63. The normalized spacial score (nSPS) is 12.6. The molecule has 2 aromatic rings. The first-order chi connectivity index (χ1) is 9.10. The molecule has 2 nitrogen and oxygen atoms in total. The summed E-state index contributed by atoms with van der Waals surface area (Å²) in [7, 11) is 0. The van der Waals surface area contributed by atoms with Crippen molar-refractivity contribution in [3.63, 3.8) is 0 Å². The Hall–Kier alpha value is -1.61.